The number of nitrogens with zero attached hydrogens (tertiary/aromatic N) is 2. The van der Waals surface area contributed by atoms with E-state index >= 15 is 0 Å². The summed E-state index contributed by atoms with van der Waals surface area (Å²) in [6.07, 6.45) is 2.89. The first-order valence-corrected chi connectivity index (χ1v) is 8.36. The molecule has 6 nitrogen and oxygen atoms in total. The van der Waals surface area contributed by atoms with E-state index in [1.54, 1.807) is 0 Å². The van der Waals surface area contributed by atoms with E-state index in [1.165, 1.54) is 7.11 Å². The van der Waals surface area contributed by atoms with Crippen LogP contribution in [0, 0.1) is 5.92 Å². The molecule has 0 aromatic heterocycles. The number of carbonyl (C=O) groups excluding carboxylic acids is 2. The standard InChI is InChI=1S/C17H32N2O4/c1-17(2,3)23-16(21)19(12-11-18(4)5)14-9-7-13(8-10-14)15(20)22-6/h13-14H,7-12H2,1-6H3. The van der Waals surface area contributed by atoms with Gasteiger partial charge in [0.1, 0.15) is 5.60 Å². The van der Waals surface area contributed by atoms with Crippen LogP contribution in [0.4, 0.5) is 4.79 Å². The van der Waals surface area contributed by atoms with Crippen LogP contribution in [0.15, 0.2) is 0 Å². The maximum absolute atomic E-state index is 12.5. The predicted octanol–water partition coefficient (Wildman–Crippen LogP) is 2.52. The lowest BCUT2D eigenvalue weighted by Crippen LogP contribution is -2.47. The van der Waals surface area contributed by atoms with Gasteiger partial charge in [0.05, 0.1) is 13.0 Å². The number of methoxy groups -OCH3 is 1. The van der Waals surface area contributed by atoms with Gasteiger partial charge in [0, 0.05) is 19.1 Å². The number of esters is 1. The summed E-state index contributed by atoms with van der Waals surface area (Å²) in [6, 6.07) is 0.130. The van der Waals surface area contributed by atoms with Crippen LogP contribution in [0.1, 0.15) is 46.5 Å². The van der Waals surface area contributed by atoms with E-state index in [4.69, 9.17) is 9.47 Å². The number of rotatable bonds is 5. The summed E-state index contributed by atoms with van der Waals surface area (Å²) < 4.78 is 10.4. The van der Waals surface area contributed by atoms with Crippen LogP contribution < -0.4 is 0 Å². The molecule has 134 valence electrons. The highest BCUT2D eigenvalue weighted by molar-refractivity contribution is 5.72. The molecule has 0 bridgehead atoms. The highest BCUT2D eigenvalue weighted by Crippen LogP contribution is 2.29. The van der Waals surface area contributed by atoms with Crippen LogP contribution in [-0.4, -0.2) is 67.8 Å². The van der Waals surface area contributed by atoms with E-state index in [0.717, 1.165) is 32.2 Å². The average molecular weight is 328 g/mol. The Morgan fingerprint density at radius 3 is 2.04 bits per heavy atom. The molecule has 6 heteroatoms. The predicted molar refractivity (Wildman–Crippen MR) is 89.3 cm³/mol. The highest BCUT2D eigenvalue weighted by Gasteiger charge is 2.33. The molecule has 0 unspecified atom stereocenters. The van der Waals surface area contributed by atoms with Crippen molar-refractivity contribution < 1.29 is 19.1 Å². The van der Waals surface area contributed by atoms with Crippen molar-refractivity contribution in [2.75, 3.05) is 34.3 Å². The first kappa shape index (κ1) is 19.7. The molecule has 1 amide bonds. The molecule has 0 saturated heterocycles. The molecule has 0 aromatic rings. The Hall–Kier alpha value is -1.30. The first-order chi connectivity index (χ1) is 10.6. The molecule has 1 saturated carbocycles. The Labute approximate surface area is 140 Å². The van der Waals surface area contributed by atoms with Crippen molar-refractivity contribution in [3.63, 3.8) is 0 Å². The number of carbonyl (C=O) groups is 2. The van der Waals surface area contributed by atoms with Gasteiger partial charge in [-0.2, -0.15) is 0 Å². The quantitative estimate of drug-likeness (QED) is 0.726. The van der Waals surface area contributed by atoms with Crippen LogP contribution in [0.25, 0.3) is 0 Å². The molecule has 0 spiro atoms. The van der Waals surface area contributed by atoms with E-state index in [0.29, 0.717) is 6.54 Å². The summed E-state index contributed by atoms with van der Waals surface area (Å²) in [4.78, 5) is 28.1. The lowest BCUT2D eigenvalue weighted by molar-refractivity contribution is -0.146. The van der Waals surface area contributed by atoms with Crippen molar-refractivity contribution in [2.45, 2.75) is 58.1 Å². The van der Waals surface area contributed by atoms with Gasteiger partial charge in [0.15, 0.2) is 0 Å². The van der Waals surface area contributed by atoms with Crippen molar-refractivity contribution >= 4 is 12.1 Å². The average Bonchev–Trinajstić information content (AvgIpc) is 2.45. The molecule has 1 aliphatic rings. The van der Waals surface area contributed by atoms with E-state index < -0.39 is 5.60 Å². The van der Waals surface area contributed by atoms with Gasteiger partial charge in [-0.05, 0) is 60.5 Å². The van der Waals surface area contributed by atoms with Gasteiger partial charge in [-0.15, -0.1) is 0 Å². The zero-order valence-corrected chi connectivity index (χ0v) is 15.4. The zero-order chi connectivity index (χ0) is 17.6. The van der Waals surface area contributed by atoms with Crippen LogP contribution in [-0.2, 0) is 14.3 Å². The normalized spacial score (nSPS) is 21.9. The molecule has 1 aliphatic carbocycles. The fourth-order valence-corrected chi connectivity index (χ4v) is 2.84. The fraction of sp³-hybridized carbons (Fsp3) is 0.882. The van der Waals surface area contributed by atoms with Gasteiger partial charge in [-0.3, -0.25) is 4.79 Å². The van der Waals surface area contributed by atoms with Crippen molar-refractivity contribution in [1.29, 1.82) is 0 Å². The molecular formula is C17H32N2O4. The lowest BCUT2D eigenvalue weighted by Gasteiger charge is -2.37. The van der Waals surface area contributed by atoms with Crippen LogP contribution >= 0.6 is 0 Å². The third-order valence-corrected chi connectivity index (χ3v) is 4.09. The topological polar surface area (TPSA) is 59.1 Å². The summed E-state index contributed by atoms with van der Waals surface area (Å²) in [5.41, 5.74) is -0.503. The maximum atomic E-state index is 12.5. The Morgan fingerprint density at radius 1 is 1.04 bits per heavy atom. The van der Waals surface area contributed by atoms with E-state index in [-0.39, 0.29) is 24.0 Å². The number of amides is 1. The minimum atomic E-state index is -0.503. The van der Waals surface area contributed by atoms with Crippen LogP contribution in [0.5, 0.6) is 0 Å². The number of ether oxygens (including phenoxy) is 2. The van der Waals surface area contributed by atoms with Gasteiger partial charge in [0.25, 0.3) is 0 Å². The minimum Gasteiger partial charge on any atom is -0.469 e. The van der Waals surface area contributed by atoms with Gasteiger partial charge >= 0.3 is 12.1 Å². The highest BCUT2D eigenvalue weighted by atomic mass is 16.6. The molecular weight excluding hydrogens is 296 g/mol. The molecule has 0 atom stereocenters. The molecule has 0 radical (unpaired) electrons. The molecule has 0 N–H and O–H groups in total. The third kappa shape index (κ3) is 6.77. The van der Waals surface area contributed by atoms with E-state index in [9.17, 15) is 9.59 Å². The number of hydrogen-bond donors (Lipinski definition) is 0. The Morgan fingerprint density at radius 2 is 1.61 bits per heavy atom. The van der Waals surface area contributed by atoms with Crippen molar-refractivity contribution in [2.24, 2.45) is 5.92 Å². The molecule has 23 heavy (non-hydrogen) atoms. The monoisotopic (exact) mass is 328 g/mol. The van der Waals surface area contributed by atoms with Crippen LogP contribution in [0.3, 0.4) is 0 Å². The SMILES string of the molecule is COC(=O)C1CCC(N(CCN(C)C)C(=O)OC(C)(C)C)CC1. The number of hydrogen-bond acceptors (Lipinski definition) is 5. The second kappa shape index (κ2) is 8.52. The zero-order valence-electron chi connectivity index (χ0n) is 15.4. The Balaban J connectivity index is 2.69. The molecule has 0 aromatic carbocycles. The largest absolute Gasteiger partial charge is 0.469 e. The van der Waals surface area contributed by atoms with Crippen molar-refractivity contribution in [3.05, 3.63) is 0 Å². The summed E-state index contributed by atoms with van der Waals surface area (Å²) in [6.45, 7) is 7.06. The number of likely N-dealkylation sites (N-methyl/N-ethyl adjacent to an activating group) is 1. The van der Waals surface area contributed by atoms with Gasteiger partial charge in [0.2, 0.25) is 0 Å². The first-order valence-electron chi connectivity index (χ1n) is 8.36. The fourth-order valence-electron chi connectivity index (χ4n) is 2.84. The van der Waals surface area contributed by atoms with Crippen molar-refractivity contribution in [1.82, 2.24) is 9.80 Å². The smallest absolute Gasteiger partial charge is 0.410 e. The van der Waals surface area contributed by atoms with Gasteiger partial charge in [-0.1, -0.05) is 0 Å². The minimum absolute atomic E-state index is 0.0365. The summed E-state index contributed by atoms with van der Waals surface area (Å²) in [5, 5.41) is 0. The molecule has 0 heterocycles. The lowest BCUT2D eigenvalue weighted by atomic mass is 9.85. The second-order valence-corrected chi connectivity index (χ2v) is 7.51. The Bertz CT molecular complexity index is 396. The maximum Gasteiger partial charge on any atom is 0.410 e. The van der Waals surface area contributed by atoms with Gasteiger partial charge in [-0.25, -0.2) is 4.79 Å². The third-order valence-electron chi connectivity index (χ3n) is 4.09. The van der Waals surface area contributed by atoms with E-state index in [2.05, 4.69) is 4.90 Å². The molecule has 1 fully saturated rings. The molecule has 0 aliphatic heterocycles. The van der Waals surface area contributed by atoms with Crippen LogP contribution in [0.2, 0.25) is 0 Å². The van der Waals surface area contributed by atoms with Gasteiger partial charge < -0.3 is 19.3 Å². The summed E-state index contributed by atoms with van der Waals surface area (Å²) in [7, 11) is 5.40. The molecule has 1 rings (SSSR count). The Kier molecular flexibility index (Phi) is 7.32. The summed E-state index contributed by atoms with van der Waals surface area (Å²) >= 11 is 0. The van der Waals surface area contributed by atoms with E-state index in [1.807, 2.05) is 39.8 Å². The van der Waals surface area contributed by atoms with Crippen molar-refractivity contribution in [3.8, 4) is 0 Å². The second-order valence-electron chi connectivity index (χ2n) is 7.51. The summed E-state index contributed by atoms with van der Waals surface area (Å²) in [5.74, 6) is -0.175.